The first-order valence-electron chi connectivity index (χ1n) is 7.75. The summed E-state index contributed by atoms with van der Waals surface area (Å²) in [6.07, 6.45) is 3.13. The number of likely N-dealkylation sites (tertiary alicyclic amines) is 1. The maximum atomic E-state index is 12.8. The van der Waals surface area contributed by atoms with Gasteiger partial charge in [-0.2, -0.15) is 0 Å². The van der Waals surface area contributed by atoms with Crippen LogP contribution in [-0.4, -0.2) is 30.4 Å². The Balaban J connectivity index is 2.16. The Hall–Kier alpha value is -1.22. The summed E-state index contributed by atoms with van der Waals surface area (Å²) >= 11 is 6.08. The number of piperidine rings is 1. The number of carbonyl (C=O) groups is 1. The average molecular weight is 309 g/mol. The highest BCUT2D eigenvalue weighted by Gasteiger charge is 2.29. The van der Waals surface area contributed by atoms with E-state index in [1.807, 2.05) is 17.0 Å². The molecule has 1 aromatic carbocycles. The lowest BCUT2D eigenvalue weighted by molar-refractivity contribution is 0.0631. The molecule has 0 atom stereocenters. The molecule has 21 heavy (non-hydrogen) atoms. The fourth-order valence-corrected chi connectivity index (χ4v) is 2.76. The van der Waals surface area contributed by atoms with Gasteiger partial charge in [0.05, 0.1) is 5.56 Å². The van der Waals surface area contributed by atoms with Crippen LogP contribution < -0.4 is 5.32 Å². The minimum absolute atomic E-state index is 0.0894. The van der Waals surface area contributed by atoms with Crippen molar-refractivity contribution in [2.24, 2.45) is 5.41 Å². The van der Waals surface area contributed by atoms with E-state index in [1.54, 1.807) is 6.07 Å². The van der Waals surface area contributed by atoms with Crippen molar-refractivity contribution in [3.8, 4) is 0 Å². The average Bonchev–Trinajstić information content (AvgIpc) is 2.45. The first kappa shape index (κ1) is 16.2. The van der Waals surface area contributed by atoms with Crippen LogP contribution >= 0.6 is 11.6 Å². The number of amides is 1. The van der Waals surface area contributed by atoms with Gasteiger partial charge in [-0.1, -0.05) is 32.4 Å². The van der Waals surface area contributed by atoms with Gasteiger partial charge in [-0.05, 0) is 42.9 Å². The van der Waals surface area contributed by atoms with Crippen LogP contribution in [0.1, 0.15) is 50.4 Å². The number of nitrogens with one attached hydrogen (secondary N) is 1. The molecule has 0 bridgehead atoms. The van der Waals surface area contributed by atoms with E-state index in [-0.39, 0.29) is 5.91 Å². The Kier molecular flexibility index (Phi) is 5.15. The number of hydrogen-bond acceptors (Lipinski definition) is 2. The number of nitrogens with zero attached hydrogens (tertiary/aromatic N) is 1. The Morgan fingerprint density at radius 2 is 2.00 bits per heavy atom. The lowest BCUT2D eigenvalue weighted by atomic mass is 9.82. The minimum Gasteiger partial charge on any atom is -0.384 e. The van der Waals surface area contributed by atoms with E-state index in [2.05, 4.69) is 26.1 Å². The molecular formula is C17H25ClN2O. The summed E-state index contributed by atoms with van der Waals surface area (Å²) in [7, 11) is 0. The fourth-order valence-electron chi connectivity index (χ4n) is 2.59. The molecule has 0 saturated carbocycles. The Labute approximate surface area is 132 Å². The molecule has 0 aromatic heterocycles. The molecule has 1 aliphatic rings. The molecule has 1 amide bonds. The standard InChI is InChI=1S/C17H25ClN2O/c1-4-9-19-15-6-5-13(18)12-14(15)16(21)20-10-7-17(2,3)8-11-20/h5-6,12,19H,4,7-11H2,1-3H3. The smallest absolute Gasteiger partial charge is 0.256 e. The highest BCUT2D eigenvalue weighted by Crippen LogP contribution is 2.31. The topological polar surface area (TPSA) is 32.3 Å². The third kappa shape index (κ3) is 4.13. The highest BCUT2D eigenvalue weighted by atomic mass is 35.5. The lowest BCUT2D eigenvalue weighted by Gasteiger charge is -2.37. The van der Waals surface area contributed by atoms with Gasteiger partial charge in [-0.25, -0.2) is 0 Å². The fraction of sp³-hybridized carbons (Fsp3) is 0.588. The second-order valence-corrected chi connectivity index (χ2v) is 7.01. The van der Waals surface area contributed by atoms with Crippen molar-refractivity contribution in [2.45, 2.75) is 40.0 Å². The number of hydrogen-bond donors (Lipinski definition) is 1. The monoisotopic (exact) mass is 308 g/mol. The Bertz CT molecular complexity index is 504. The van der Waals surface area contributed by atoms with Crippen molar-refractivity contribution in [3.05, 3.63) is 28.8 Å². The molecule has 1 heterocycles. The number of carbonyl (C=O) groups excluding carboxylic acids is 1. The summed E-state index contributed by atoms with van der Waals surface area (Å²) in [5, 5.41) is 3.93. The molecule has 1 saturated heterocycles. The van der Waals surface area contributed by atoms with Crippen LogP contribution in [0.4, 0.5) is 5.69 Å². The van der Waals surface area contributed by atoms with Gasteiger partial charge in [-0.3, -0.25) is 4.79 Å². The van der Waals surface area contributed by atoms with Crippen LogP contribution in [0.5, 0.6) is 0 Å². The summed E-state index contributed by atoms with van der Waals surface area (Å²) in [5.41, 5.74) is 1.92. The quantitative estimate of drug-likeness (QED) is 0.892. The van der Waals surface area contributed by atoms with Gasteiger partial charge in [0.1, 0.15) is 0 Å². The van der Waals surface area contributed by atoms with Crippen molar-refractivity contribution in [3.63, 3.8) is 0 Å². The number of rotatable bonds is 4. The number of anilines is 1. The van der Waals surface area contributed by atoms with E-state index in [4.69, 9.17) is 11.6 Å². The van der Waals surface area contributed by atoms with E-state index >= 15 is 0 Å². The van der Waals surface area contributed by atoms with Crippen molar-refractivity contribution in [1.82, 2.24) is 4.90 Å². The number of benzene rings is 1. The van der Waals surface area contributed by atoms with Gasteiger partial charge < -0.3 is 10.2 Å². The maximum absolute atomic E-state index is 12.8. The van der Waals surface area contributed by atoms with E-state index in [0.29, 0.717) is 16.0 Å². The Morgan fingerprint density at radius 3 is 2.62 bits per heavy atom. The second-order valence-electron chi connectivity index (χ2n) is 6.57. The summed E-state index contributed by atoms with van der Waals surface area (Å²) in [4.78, 5) is 14.7. The second kappa shape index (κ2) is 6.69. The molecule has 0 aliphatic carbocycles. The van der Waals surface area contributed by atoms with Gasteiger partial charge in [0.15, 0.2) is 0 Å². The molecule has 1 fully saturated rings. The normalized spacial score (nSPS) is 17.6. The largest absolute Gasteiger partial charge is 0.384 e. The molecule has 1 aliphatic heterocycles. The predicted molar refractivity (Wildman–Crippen MR) is 89.2 cm³/mol. The molecule has 4 heteroatoms. The third-order valence-electron chi connectivity index (χ3n) is 4.18. The van der Waals surface area contributed by atoms with Crippen molar-refractivity contribution in [2.75, 3.05) is 25.0 Å². The van der Waals surface area contributed by atoms with Crippen LogP contribution in [0.3, 0.4) is 0 Å². The van der Waals surface area contributed by atoms with E-state index in [9.17, 15) is 4.79 Å². The summed E-state index contributed by atoms with van der Waals surface area (Å²) in [6.45, 7) is 9.15. The molecule has 116 valence electrons. The van der Waals surface area contributed by atoms with Crippen LogP contribution in [-0.2, 0) is 0 Å². The number of halogens is 1. The van der Waals surface area contributed by atoms with Gasteiger partial charge in [-0.15, -0.1) is 0 Å². The molecule has 0 unspecified atom stereocenters. The van der Waals surface area contributed by atoms with E-state index < -0.39 is 0 Å². The first-order valence-corrected chi connectivity index (χ1v) is 8.13. The zero-order chi connectivity index (χ0) is 15.5. The summed E-state index contributed by atoms with van der Waals surface area (Å²) in [6, 6.07) is 5.51. The third-order valence-corrected chi connectivity index (χ3v) is 4.42. The highest BCUT2D eigenvalue weighted by molar-refractivity contribution is 6.31. The molecule has 0 radical (unpaired) electrons. The van der Waals surface area contributed by atoms with Gasteiger partial charge >= 0.3 is 0 Å². The zero-order valence-electron chi connectivity index (χ0n) is 13.2. The molecule has 3 nitrogen and oxygen atoms in total. The summed E-state index contributed by atoms with van der Waals surface area (Å²) in [5.74, 6) is 0.0894. The van der Waals surface area contributed by atoms with Gasteiger partial charge in [0.25, 0.3) is 5.91 Å². The van der Waals surface area contributed by atoms with E-state index in [0.717, 1.165) is 44.6 Å². The minimum atomic E-state index is 0.0894. The molecule has 2 rings (SSSR count). The summed E-state index contributed by atoms with van der Waals surface area (Å²) < 4.78 is 0. The molecule has 1 N–H and O–H groups in total. The van der Waals surface area contributed by atoms with Crippen molar-refractivity contribution >= 4 is 23.2 Å². The van der Waals surface area contributed by atoms with Crippen LogP contribution in [0, 0.1) is 5.41 Å². The molecule has 0 spiro atoms. The molecule has 1 aromatic rings. The van der Waals surface area contributed by atoms with E-state index in [1.165, 1.54) is 0 Å². The van der Waals surface area contributed by atoms with Crippen LogP contribution in [0.15, 0.2) is 18.2 Å². The first-order chi connectivity index (χ1) is 9.93. The predicted octanol–water partition coefficient (Wildman–Crippen LogP) is 4.42. The SMILES string of the molecule is CCCNc1ccc(Cl)cc1C(=O)N1CCC(C)(C)CC1. The van der Waals surface area contributed by atoms with Crippen LogP contribution in [0.2, 0.25) is 5.02 Å². The van der Waals surface area contributed by atoms with Gasteiger partial charge in [0.2, 0.25) is 0 Å². The van der Waals surface area contributed by atoms with Crippen molar-refractivity contribution < 1.29 is 4.79 Å². The van der Waals surface area contributed by atoms with Crippen molar-refractivity contribution in [1.29, 1.82) is 0 Å². The lowest BCUT2D eigenvalue weighted by Crippen LogP contribution is -2.41. The Morgan fingerprint density at radius 1 is 1.33 bits per heavy atom. The van der Waals surface area contributed by atoms with Crippen LogP contribution in [0.25, 0.3) is 0 Å². The zero-order valence-corrected chi connectivity index (χ0v) is 14.0. The maximum Gasteiger partial charge on any atom is 0.256 e. The molecular weight excluding hydrogens is 284 g/mol. The van der Waals surface area contributed by atoms with Gasteiger partial charge in [0, 0.05) is 30.3 Å².